The number of anilines is 1. The second-order valence-corrected chi connectivity index (χ2v) is 8.15. The molecule has 0 amide bonds. The zero-order valence-corrected chi connectivity index (χ0v) is 15.1. The maximum Gasteiger partial charge on any atom is 0.173 e. The van der Waals surface area contributed by atoms with E-state index in [1.807, 2.05) is 18.2 Å². The summed E-state index contributed by atoms with van der Waals surface area (Å²) in [5.41, 5.74) is 10.5. The fraction of sp³-hybridized carbons (Fsp3) is 0.286. The highest BCUT2D eigenvalue weighted by Crippen LogP contribution is 2.43. The van der Waals surface area contributed by atoms with Gasteiger partial charge in [0.25, 0.3) is 0 Å². The summed E-state index contributed by atoms with van der Waals surface area (Å²) in [6.45, 7) is 0. The molecule has 130 valence electrons. The van der Waals surface area contributed by atoms with Crippen LogP contribution in [0.25, 0.3) is 10.2 Å². The molecule has 0 spiro atoms. The van der Waals surface area contributed by atoms with Crippen molar-refractivity contribution in [3.63, 3.8) is 0 Å². The van der Waals surface area contributed by atoms with E-state index < -0.39 is 0 Å². The molecule has 5 rings (SSSR count). The molecule has 3 aromatic rings. The lowest BCUT2D eigenvalue weighted by molar-refractivity contribution is 0.0960. The Balaban J connectivity index is 1.68. The minimum Gasteiger partial charge on any atom is -0.398 e. The van der Waals surface area contributed by atoms with Gasteiger partial charge < -0.3 is 5.73 Å². The number of carbonyl (C=O) groups excluding carboxylic acids is 2. The molecule has 2 aromatic heterocycles. The number of Topliss-reactive ketones (excluding diaryl/α,β-unsaturated/α-hetero) is 2. The van der Waals surface area contributed by atoms with Crippen molar-refractivity contribution in [3.05, 3.63) is 57.6 Å². The molecule has 0 aliphatic heterocycles. The number of fused-ring (bicyclic) bond motifs is 4. The van der Waals surface area contributed by atoms with Gasteiger partial charge in [0.1, 0.15) is 4.83 Å². The number of hydrogen-bond donors (Lipinski definition) is 1. The van der Waals surface area contributed by atoms with E-state index in [1.165, 1.54) is 11.3 Å². The second kappa shape index (κ2) is 5.74. The number of nitrogen functional groups attached to an aromatic ring is 1. The van der Waals surface area contributed by atoms with E-state index in [0.29, 0.717) is 30.5 Å². The molecule has 0 bridgehead atoms. The third kappa shape index (κ3) is 2.23. The van der Waals surface area contributed by atoms with Gasteiger partial charge in [-0.15, -0.1) is 11.3 Å². The van der Waals surface area contributed by atoms with E-state index >= 15 is 0 Å². The number of thiophene rings is 1. The summed E-state index contributed by atoms with van der Waals surface area (Å²) in [6.07, 6.45) is 3.45. The first-order chi connectivity index (χ1) is 12.6. The quantitative estimate of drug-likeness (QED) is 0.700. The van der Waals surface area contributed by atoms with Gasteiger partial charge >= 0.3 is 0 Å². The number of pyridine rings is 1. The highest BCUT2D eigenvalue weighted by Gasteiger charge is 2.33. The smallest absolute Gasteiger partial charge is 0.173 e. The molecule has 2 N–H and O–H groups in total. The molecule has 1 atom stereocenters. The van der Waals surface area contributed by atoms with Crippen molar-refractivity contribution in [1.82, 2.24) is 4.98 Å². The van der Waals surface area contributed by atoms with Crippen molar-refractivity contribution in [2.45, 2.75) is 38.0 Å². The van der Waals surface area contributed by atoms with E-state index in [-0.39, 0.29) is 17.5 Å². The highest BCUT2D eigenvalue weighted by atomic mass is 32.1. The molecule has 2 aliphatic rings. The summed E-state index contributed by atoms with van der Waals surface area (Å²) in [5, 5.41) is 0.850. The fourth-order valence-electron chi connectivity index (χ4n) is 4.32. The van der Waals surface area contributed by atoms with Crippen LogP contribution in [0, 0.1) is 0 Å². The summed E-state index contributed by atoms with van der Waals surface area (Å²) in [4.78, 5) is 31.6. The van der Waals surface area contributed by atoms with Crippen LogP contribution >= 0.6 is 11.3 Å². The van der Waals surface area contributed by atoms with Crippen LogP contribution in [0.15, 0.2) is 30.3 Å². The van der Waals surface area contributed by atoms with E-state index in [9.17, 15) is 9.59 Å². The Morgan fingerprint density at radius 1 is 1.04 bits per heavy atom. The lowest BCUT2D eigenvalue weighted by Gasteiger charge is -2.24. The lowest BCUT2D eigenvalue weighted by atomic mass is 9.80. The molecule has 0 radical (unpaired) electrons. The average molecular weight is 362 g/mol. The van der Waals surface area contributed by atoms with Gasteiger partial charge in [0.2, 0.25) is 0 Å². The van der Waals surface area contributed by atoms with Crippen LogP contribution < -0.4 is 5.73 Å². The van der Waals surface area contributed by atoms with E-state index in [2.05, 4.69) is 12.1 Å². The predicted octanol–water partition coefficient (Wildman–Crippen LogP) is 4.31. The minimum absolute atomic E-state index is 0.0640. The molecule has 2 aliphatic carbocycles. The average Bonchev–Trinajstić information content (AvgIpc) is 3.02. The highest BCUT2D eigenvalue weighted by molar-refractivity contribution is 7.20. The monoisotopic (exact) mass is 362 g/mol. The SMILES string of the molecule is Nc1c2c(nc3sc4c(c13)CCCC4=O)CC(c1ccccc1)CC2=O. The van der Waals surface area contributed by atoms with Gasteiger partial charge in [-0.3, -0.25) is 9.59 Å². The third-order valence-electron chi connectivity index (χ3n) is 5.56. The van der Waals surface area contributed by atoms with Crippen LogP contribution in [0.3, 0.4) is 0 Å². The zero-order chi connectivity index (χ0) is 17.8. The summed E-state index contributed by atoms with van der Waals surface area (Å²) in [5.74, 6) is 0.381. The van der Waals surface area contributed by atoms with Gasteiger partial charge in [-0.1, -0.05) is 30.3 Å². The Bertz CT molecular complexity index is 1070. The Kier molecular flexibility index (Phi) is 3.47. The normalized spacial score (nSPS) is 19.5. The summed E-state index contributed by atoms with van der Waals surface area (Å²) in [6, 6.07) is 10.1. The van der Waals surface area contributed by atoms with E-state index in [0.717, 1.165) is 44.8 Å². The molecular formula is C21H18N2O2S. The second-order valence-electron chi connectivity index (χ2n) is 7.15. The van der Waals surface area contributed by atoms with Crippen molar-refractivity contribution in [1.29, 1.82) is 0 Å². The van der Waals surface area contributed by atoms with Crippen molar-refractivity contribution in [2.75, 3.05) is 5.73 Å². The molecule has 0 saturated heterocycles. The number of hydrogen-bond acceptors (Lipinski definition) is 5. The predicted molar refractivity (Wildman–Crippen MR) is 103 cm³/mol. The molecule has 5 heteroatoms. The molecule has 2 heterocycles. The van der Waals surface area contributed by atoms with Crippen molar-refractivity contribution in [2.24, 2.45) is 0 Å². The minimum atomic E-state index is 0.0640. The van der Waals surface area contributed by atoms with Gasteiger partial charge in [0.15, 0.2) is 11.6 Å². The van der Waals surface area contributed by atoms with Crippen LogP contribution in [0.4, 0.5) is 5.69 Å². The zero-order valence-electron chi connectivity index (χ0n) is 14.2. The first-order valence-corrected chi connectivity index (χ1v) is 9.80. The van der Waals surface area contributed by atoms with Crippen LogP contribution in [-0.2, 0) is 12.8 Å². The number of nitrogens with two attached hydrogens (primary N) is 1. The number of carbonyl (C=O) groups is 2. The van der Waals surface area contributed by atoms with Gasteiger partial charge in [0.05, 0.1) is 21.8 Å². The lowest BCUT2D eigenvalue weighted by Crippen LogP contribution is -2.22. The van der Waals surface area contributed by atoms with Gasteiger partial charge in [-0.05, 0) is 36.3 Å². The number of nitrogens with zero attached hydrogens (tertiary/aromatic N) is 1. The van der Waals surface area contributed by atoms with Crippen molar-refractivity contribution >= 4 is 38.8 Å². The Morgan fingerprint density at radius 2 is 1.85 bits per heavy atom. The first kappa shape index (κ1) is 15.7. The Hall–Kier alpha value is -2.53. The molecule has 26 heavy (non-hydrogen) atoms. The number of ketones is 2. The van der Waals surface area contributed by atoms with Crippen molar-refractivity contribution < 1.29 is 9.59 Å². The van der Waals surface area contributed by atoms with Crippen molar-refractivity contribution in [3.8, 4) is 0 Å². The molecule has 4 nitrogen and oxygen atoms in total. The number of rotatable bonds is 1. The Morgan fingerprint density at radius 3 is 2.65 bits per heavy atom. The van der Waals surface area contributed by atoms with Crippen LogP contribution in [-0.4, -0.2) is 16.6 Å². The number of aryl methyl sites for hydroxylation is 1. The van der Waals surface area contributed by atoms with Crippen LogP contribution in [0.5, 0.6) is 0 Å². The number of benzene rings is 1. The van der Waals surface area contributed by atoms with Gasteiger partial charge in [-0.2, -0.15) is 0 Å². The molecular weight excluding hydrogens is 344 g/mol. The standard InChI is InChI=1S/C21H18N2O2S/c22-19-17-13-7-4-8-15(24)20(13)26-21(17)23-14-9-12(10-16(25)18(14)19)11-5-2-1-3-6-11/h1-3,5-6,12H,4,7-10H2,(H2,22,23). The number of aromatic nitrogens is 1. The molecule has 1 unspecified atom stereocenters. The van der Waals surface area contributed by atoms with E-state index in [4.69, 9.17) is 10.7 Å². The maximum atomic E-state index is 12.9. The molecule has 1 aromatic carbocycles. The largest absolute Gasteiger partial charge is 0.398 e. The maximum absolute atomic E-state index is 12.9. The van der Waals surface area contributed by atoms with Gasteiger partial charge in [0, 0.05) is 18.2 Å². The summed E-state index contributed by atoms with van der Waals surface area (Å²) >= 11 is 1.44. The summed E-state index contributed by atoms with van der Waals surface area (Å²) < 4.78 is 0. The topological polar surface area (TPSA) is 73.0 Å². The summed E-state index contributed by atoms with van der Waals surface area (Å²) in [7, 11) is 0. The molecule has 0 saturated carbocycles. The third-order valence-corrected chi connectivity index (χ3v) is 6.72. The van der Waals surface area contributed by atoms with E-state index in [1.54, 1.807) is 0 Å². The Labute approximate surface area is 155 Å². The molecule has 0 fully saturated rings. The first-order valence-electron chi connectivity index (χ1n) is 8.98. The van der Waals surface area contributed by atoms with Gasteiger partial charge in [-0.25, -0.2) is 4.98 Å². The fourth-order valence-corrected chi connectivity index (χ4v) is 5.55. The van der Waals surface area contributed by atoms with Crippen LogP contribution in [0.2, 0.25) is 0 Å². The van der Waals surface area contributed by atoms with Crippen LogP contribution in [0.1, 0.15) is 62.0 Å².